The van der Waals surface area contributed by atoms with Gasteiger partial charge in [0, 0.05) is 23.5 Å². The highest BCUT2D eigenvalue weighted by molar-refractivity contribution is 5.61. The molecule has 0 amide bonds. The van der Waals surface area contributed by atoms with Crippen LogP contribution >= 0.6 is 0 Å². The summed E-state index contributed by atoms with van der Waals surface area (Å²) in [5.41, 5.74) is 7.18. The summed E-state index contributed by atoms with van der Waals surface area (Å²) in [6.07, 6.45) is 37.6. The van der Waals surface area contributed by atoms with Gasteiger partial charge in [0.1, 0.15) is 11.5 Å². The first-order chi connectivity index (χ1) is 30.1. The van der Waals surface area contributed by atoms with Gasteiger partial charge in [-0.05, 0) is 134 Å². The minimum atomic E-state index is 0.812. The third kappa shape index (κ3) is 18.3. The van der Waals surface area contributed by atoms with Crippen LogP contribution in [0.5, 0.6) is 11.5 Å². The molecule has 0 aliphatic heterocycles. The molecule has 0 bridgehead atoms. The van der Waals surface area contributed by atoms with E-state index in [9.17, 15) is 0 Å². The van der Waals surface area contributed by atoms with Gasteiger partial charge in [-0.1, -0.05) is 162 Å². The molecule has 4 aromatic rings. The van der Waals surface area contributed by atoms with E-state index in [2.05, 4.69) is 113 Å². The lowest BCUT2D eigenvalue weighted by atomic mass is 9.78. The summed E-state index contributed by atoms with van der Waals surface area (Å²) < 4.78 is 11.7. The molecular formula is C57H84N2O2. The van der Waals surface area contributed by atoms with Gasteiger partial charge in [-0.15, -0.1) is 0 Å². The van der Waals surface area contributed by atoms with E-state index in [0.29, 0.717) is 0 Å². The zero-order valence-corrected chi connectivity index (χ0v) is 39.2. The molecule has 0 N–H and O–H groups in total. The molecule has 2 heterocycles. The highest BCUT2D eigenvalue weighted by Gasteiger charge is 2.21. The predicted octanol–water partition coefficient (Wildman–Crippen LogP) is 16.9. The van der Waals surface area contributed by atoms with E-state index in [1.165, 1.54) is 159 Å². The molecule has 334 valence electrons. The SMILES string of the molecule is CCCCCCCOc1ccc(-c2ccc(CCC3CCC(CCC)CC3)cn2)cc1.CCCCCCOc1ccc(-c2ccc(CCC3CCC(CCC)CC3)cn2)cc1. The number of hydrogen-bond acceptors (Lipinski definition) is 4. The van der Waals surface area contributed by atoms with Crippen molar-refractivity contribution >= 4 is 0 Å². The molecule has 2 saturated carbocycles. The Morgan fingerprint density at radius 1 is 0.393 bits per heavy atom. The van der Waals surface area contributed by atoms with Crippen molar-refractivity contribution < 1.29 is 9.47 Å². The summed E-state index contributed by atoms with van der Waals surface area (Å²) in [5, 5.41) is 0. The standard InChI is InChI=1S/C29H43NO.C28H41NO/c1-3-5-6-7-8-22-31-28-19-17-27(18-20-28)29-21-16-26(23-30-29)15-14-25-12-10-24(9-4-2)11-13-25;1-3-5-6-7-21-30-27-18-16-26(17-19-27)28-20-15-25(22-29-28)14-13-24-11-9-23(8-4-2)10-12-24/h16-21,23-25H,3-15,22H2,1-2H3;15-20,22-24H,3-14,21H2,1-2H3. The van der Waals surface area contributed by atoms with Gasteiger partial charge in [-0.2, -0.15) is 0 Å². The Balaban J connectivity index is 0.000000231. The Labute approximate surface area is 373 Å². The summed E-state index contributed by atoms with van der Waals surface area (Å²) in [7, 11) is 0. The zero-order chi connectivity index (χ0) is 42.7. The van der Waals surface area contributed by atoms with Gasteiger partial charge in [0.2, 0.25) is 0 Å². The Morgan fingerprint density at radius 2 is 0.754 bits per heavy atom. The number of benzene rings is 2. The number of ether oxygens (including phenoxy) is 2. The van der Waals surface area contributed by atoms with E-state index >= 15 is 0 Å². The summed E-state index contributed by atoms with van der Waals surface area (Å²) in [5.74, 6) is 5.78. The Kier molecular flexibility index (Phi) is 22.9. The fourth-order valence-electron chi connectivity index (χ4n) is 9.72. The Hall–Kier alpha value is -3.66. The van der Waals surface area contributed by atoms with Gasteiger partial charge in [-0.25, -0.2) is 0 Å². The van der Waals surface area contributed by atoms with Gasteiger partial charge in [0.15, 0.2) is 0 Å². The van der Waals surface area contributed by atoms with Crippen LogP contribution in [-0.2, 0) is 12.8 Å². The van der Waals surface area contributed by atoms with Crippen LogP contribution in [0.4, 0.5) is 0 Å². The fourth-order valence-corrected chi connectivity index (χ4v) is 9.72. The van der Waals surface area contributed by atoms with E-state index in [1.807, 2.05) is 0 Å². The fraction of sp³-hybridized carbons (Fsp3) is 0.614. The minimum absolute atomic E-state index is 0.812. The van der Waals surface area contributed by atoms with E-state index in [4.69, 9.17) is 19.4 Å². The second kappa shape index (κ2) is 28.8. The highest BCUT2D eigenvalue weighted by Crippen LogP contribution is 2.35. The molecule has 4 nitrogen and oxygen atoms in total. The van der Waals surface area contributed by atoms with Gasteiger partial charge in [-0.3, -0.25) is 9.97 Å². The molecule has 6 rings (SSSR count). The number of aromatic nitrogens is 2. The zero-order valence-electron chi connectivity index (χ0n) is 39.2. The van der Waals surface area contributed by atoms with E-state index < -0.39 is 0 Å². The third-order valence-corrected chi connectivity index (χ3v) is 13.7. The number of hydrogen-bond donors (Lipinski definition) is 0. The van der Waals surface area contributed by atoms with Crippen molar-refractivity contribution in [2.24, 2.45) is 23.7 Å². The lowest BCUT2D eigenvalue weighted by Crippen LogP contribution is -2.15. The topological polar surface area (TPSA) is 44.2 Å². The highest BCUT2D eigenvalue weighted by atomic mass is 16.5. The van der Waals surface area contributed by atoms with Crippen LogP contribution in [0.3, 0.4) is 0 Å². The molecule has 0 saturated heterocycles. The number of aryl methyl sites for hydroxylation is 2. The van der Waals surface area contributed by atoms with Gasteiger partial charge < -0.3 is 9.47 Å². The summed E-state index contributed by atoms with van der Waals surface area (Å²) >= 11 is 0. The molecule has 61 heavy (non-hydrogen) atoms. The van der Waals surface area contributed by atoms with Crippen LogP contribution in [-0.4, -0.2) is 23.2 Å². The van der Waals surface area contributed by atoms with Gasteiger partial charge in [0.25, 0.3) is 0 Å². The predicted molar refractivity (Wildman–Crippen MR) is 261 cm³/mol. The smallest absolute Gasteiger partial charge is 0.119 e. The van der Waals surface area contributed by atoms with Crippen LogP contribution in [0.1, 0.15) is 187 Å². The lowest BCUT2D eigenvalue weighted by molar-refractivity contribution is 0.252. The molecule has 2 aliphatic rings. The number of nitrogens with zero attached hydrogens (tertiary/aromatic N) is 2. The first kappa shape index (κ1) is 48.4. The summed E-state index contributed by atoms with van der Waals surface area (Å²) in [6.45, 7) is 10.8. The normalized spacial score (nSPS) is 18.9. The maximum absolute atomic E-state index is 5.89. The van der Waals surface area contributed by atoms with E-state index in [1.54, 1.807) is 0 Å². The van der Waals surface area contributed by atoms with Crippen LogP contribution in [0.2, 0.25) is 0 Å². The molecule has 0 spiro atoms. The molecule has 2 aromatic heterocycles. The molecular weight excluding hydrogens is 745 g/mol. The van der Waals surface area contributed by atoms with Crippen molar-refractivity contribution in [3.05, 3.63) is 96.3 Å². The van der Waals surface area contributed by atoms with E-state index in [-0.39, 0.29) is 0 Å². The van der Waals surface area contributed by atoms with Crippen molar-refractivity contribution in [1.29, 1.82) is 0 Å². The molecule has 0 unspecified atom stereocenters. The average Bonchev–Trinajstić information content (AvgIpc) is 3.31. The largest absolute Gasteiger partial charge is 0.494 e. The Morgan fingerprint density at radius 3 is 1.10 bits per heavy atom. The van der Waals surface area contributed by atoms with Crippen LogP contribution in [0, 0.1) is 23.7 Å². The molecule has 0 radical (unpaired) electrons. The molecule has 0 atom stereocenters. The first-order valence-electron chi connectivity index (χ1n) is 25.4. The van der Waals surface area contributed by atoms with E-state index in [0.717, 1.165) is 83.7 Å². The third-order valence-electron chi connectivity index (χ3n) is 13.7. The van der Waals surface area contributed by atoms with Gasteiger partial charge >= 0.3 is 0 Å². The van der Waals surface area contributed by atoms with Crippen molar-refractivity contribution in [3.63, 3.8) is 0 Å². The first-order valence-corrected chi connectivity index (χ1v) is 25.4. The molecule has 4 heteroatoms. The van der Waals surface area contributed by atoms with Crippen molar-refractivity contribution in [3.8, 4) is 34.0 Å². The molecule has 2 aliphatic carbocycles. The summed E-state index contributed by atoms with van der Waals surface area (Å²) in [4.78, 5) is 9.48. The summed E-state index contributed by atoms with van der Waals surface area (Å²) in [6, 6.07) is 25.7. The second-order valence-electron chi connectivity index (χ2n) is 18.8. The maximum Gasteiger partial charge on any atom is 0.119 e. The number of pyridine rings is 2. The monoisotopic (exact) mass is 829 g/mol. The van der Waals surface area contributed by atoms with Gasteiger partial charge in [0.05, 0.1) is 24.6 Å². The minimum Gasteiger partial charge on any atom is -0.494 e. The second-order valence-corrected chi connectivity index (χ2v) is 18.8. The number of unbranched alkanes of at least 4 members (excludes halogenated alkanes) is 7. The Bertz CT molecular complexity index is 1670. The van der Waals surface area contributed by atoms with Crippen molar-refractivity contribution in [2.45, 2.75) is 188 Å². The van der Waals surface area contributed by atoms with Crippen molar-refractivity contribution in [1.82, 2.24) is 9.97 Å². The van der Waals surface area contributed by atoms with Crippen LogP contribution < -0.4 is 9.47 Å². The van der Waals surface area contributed by atoms with Crippen molar-refractivity contribution in [2.75, 3.05) is 13.2 Å². The van der Waals surface area contributed by atoms with Crippen LogP contribution in [0.15, 0.2) is 85.2 Å². The maximum atomic E-state index is 5.89. The lowest BCUT2D eigenvalue weighted by Gasteiger charge is -2.28. The quantitative estimate of drug-likeness (QED) is 0.0624. The molecule has 2 aromatic carbocycles. The number of rotatable bonds is 25. The van der Waals surface area contributed by atoms with Crippen LogP contribution in [0.25, 0.3) is 22.5 Å². The average molecular weight is 829 g/mol. The molecule has 2 fully saturated rings.